The van der Waals surface area contributed by atoms with Crippen LogP contribution in [0.15, 0.2) is 77.7 Å². The van der Waals surface area contributed by atoms with E-state index in [0.717, 1.165) is 60.5 Å². The largest absolute Gasteiger partial charge is 0.497 e. The molecule has 6 rings (SSSR count). The molecule has 1 aliphatic rings. The highest BCUT2D eigenvalue weighted by Crippen LogP contribution is 2.32. The van der Waals surface area contributed by atoms with Crippen molar-refractivity contribution < 1.29 is 13.9 Å². The Labute approximate surface area is 305 Å². The van der Waals surface area contributed by atoms with Gasteiger partial charge in [-0.15, -0.1) is 0 Å². The molecule has 7 N–H and O–H groups in total. The molecule has 5 aromatic rings. The third kappa shape index (κ3) is 9.31. The van der Waals surface area contributed by atoms with Crippen molar-refractivity contribution in [2.45, 2.75) is 63.1 Å². The van der Waals surface area contributed by atoms with E-state index in [0.29, 0.717) is 53.5 Å². The number of aryl methyl sites for hydroxylation is 1. The van der Waals surface area contributed by atoms with Gasteiger partial charge >= 0.3 is 5.69 Å². The molecule has 1 fully saturated rings. The van der Waals surface area contributed by atoms with Crippen LogP contribution < -0.4 is 31.9 Å². The first-order chi connectivity index (χ1) is 24.7. The van der Waals surface area contributed by atoms with E-state index in [1.807, 2.05) is 48.5 Å². The Hall–Kier alpha value is -4.36. The lowest BCUT2D eigenvalue weighted by Crippen LogP contribution is -2.37. The summed E-state index contributed by atoms with van der Waals surface area (Å²) < 4.78 is 27.9. The van der Waals surface area contributed by atoms with Gasteiger partial charge in [0.2, 0.25) is 0 Å². The first-order valence-corrected chi connectivity index (χ1v) is 18.5. The van der Waals surface area contributed by atoms with Crippen LogP contribution in [-0.4, -0.2) is 51.3 Å². The number of thioether (sulfide) groups is 1. The summed E-state index contributed by atoms with van der Waals surface area (Å²) in [5.74, 6) is 1.76. The maximum atomic E-state index is 15.4. The number of piperidine rings is 1. The van der Waals surface area contributed by atoms with Gasteiger partial charge in [-0.1, -0.05) is 41.9 Å². The molecule has 0 aliphatic carbocycles. The van der Waals surface area contributed by atoms with Gasteiger partial charge in [0.05, 0.1) is 23.5 Å². The van der Waals surface area contributed by atoms with Gasteiger partial charge < -0.3 is 31.2 Å². The summed E-state index contributed by atoms with van der Waals surface area (Å²) in [4.78, 5) is 20.5. The lowest BCUT2D eigenvalue weighted by molar-refractivity contribution is 0.280. The molecule has 3 atom stereocenters. The van der Waals surface area contributed by atoms with E-state index in [9.17, 15) is 4.79 Å². The van der Waals surface area contributed by atoms with E-state index in [-0.39, 0.29) is 22.3 Å². The molecule has 51 heavy (non-hydrogen) atoms. The zero-order valence-electron chi connectivity index (χ0n) is 28.5. The standard InChI is InChI=1S/C38H43ClFN7O3S/c1-49-29-12-14-30(15-13-29)50-22-26(41)5-2-4-23-18-31(35(40)32(39)19-23)34-20-25-21-47(38(48)46-36(25)45-34)28-10-8-24(9-11-28)33-7-3-6-27(44-33)16-17-51-37(42)43/h8-15,18-21,26-27,33,44H,2-7,16-17,22,41H2,1H3,(H3,42,43)(H,45,46,48)/t26-,27+,33+/m1/s1. The molecule has 0 unspecified atom stereocenters. The monoisotopic (exact) mass is 731 g/mol. The molecule has 1 saturated heterocycles. The number of hydrogen-bond donors (Lipinski definition) is 5. The van der Waals surface area contributed by atoms with E-state index in [4.69, 9.17) is 38.0 Å². The number of fused-ring (bicyclic) bond motifs is 1. The summed E-state index contributed by atoms with van der Waals surface area (Å²) in [6.45, 7) is 0.372. The number of ether oxygens (including phenoxy) is 2. The molecule has 0 saturated carbocycles. The fourth-order valence-electron chi connectivity index (χ4n) is 6.53. The molecule has 268 valence electrons. The fourth-order valence-corrected chi connectivity index (χ4v) is 7.39. The topological polar surface area (TPSA) is 157 Å². The van der Waals surface area contributed by atoms with Gasteiger partial charge in [-0.2, -0.15) is 4.98 Å². The van der Waals surface area contributed by atoms with Crippen LogP contribution in [0.4, 0.5) is 4.39 Å². The van der Waals surface area contributed by atoms with E-state index in [1.54, 1.807) is 31.5 Å². The number of rotatable bonds is 14. The van der Waals surface area contributed by atoms with E-state index in [2.05, 4.69) is 15.3 Å². The second-order valence-corrected chi connectivity index (χ2v) is 14.4. The summed E-state index contributed by atoms with van der Waals surface area (Å²) in [5.41, 5.74) is 15.2. The third-order valence-corrected chi connectivity index (χ3v) is 10.3. The van der Waals surface area contributed by atoms with E-state index >= 15 is 4.39 Å². The number of nitrogens with two attached hydrogens (primary N) is 2. The first kappa shape index (κ1) is 36.4. The van der Waals surface area contributed by atoms with Gasteiger partial charge in [-0.25, -0.2) is 9.18 Å². The molecule has 0 bridgehead atoms. The molecule has 0 radical (unpaired) electrons. The van der Waals surface area contributed by atoms with E-state index in [1.165, 1.54) is 16.3 Å². The van der Waals surface area contributed by atoms with Crippen molar-refractivity contribution in [2.24, 2.45) is 11.5 Å². The van der Waals surface area contributed by atoms with Crippen LogP contribution in [0.25, 0.3) is 28.0 Å². The highest BCUT2D eigenvalue weighted by molar-refractivity contribution is 8.13. The van der Waals surface area contributed by atoms with Gasteiger partial charge in [0.15, 0.2) is 11.0 Å². The molecule has 3 aromatic carbocycles. The molecular weight excluding hydrogens is 689 g/mol. The normalized spacial score (nSPS) is 16.6. The summed E-state index contributed by atoms with van der Waals surface area (Å²) in [7, 11) is 1.62. The zero-order valence-corrected chi connectivity index (χ0v) is 30.0. The number of amidine groups is 1. The summed E-state index contributed by atoms with van der Waals surface area (Å²) in [5, 5.41) is 12.0. The number of aromatic amines is 1. The van der Waals surface area contributed by atoms with Crippen LogP contribution in [0.3, 0.4) is 0 Å². The Morgan fingerprint density at radius 1 is 1.14 bits per heavy atom. The number of halogens is 2. The number of hydrogen-bond acceptors (Lipinski definition) is 8. The Morgan fingerprint density at radius 2 is 1.90 bits per heavy atom. The number of nitrogens with zero attached hydrogens (tertiary/aromatic N) is 2. The van der Waals surface area contributed by atoms with Crippen LogP contribution in [-0.2, 0) is 6.42 Å². The van der Waals surface area contributed by atoms with Gasteiger partial charge in [-0.3, -0.25) is 9.98 Å². The van der Waals surface area contributed by atoms with Crippen LogP contribution in [0.1, 0.15) is 55.7 Å². The molecule has 0 spiro atoms. The van der Waals surface area contributed by atoms with Crippen molar-refractivity contribution in [3.05, 3.63) is 105 Å². The number of H-pyrrole nitrogens is 1. The number of benzene rings is 3. The van der Waals surface area contributed by atoms with Crippen molar-refractivity contribution >= 4 is 39.6 Å². The molecule has 10 nitrogen and oxygen atoms in total. The van der Waals surface area contributed by atoms with Crippen molar-refractivity contribution in [1.29, 1.82) is 5.41 Å². The second-order valence-electron chi connectivity index (χ2n) is 12.9. The Bertz CT molecular complexity index is 2020. The van der Waals surface area contributed by atoms with Crippen molar-refractivity contribution in [3.63, 3.8) is 0 Å². The average molecular weight is 732 g/mol. The Morgan fingerprint density at radius 3 is 2.65 bits per heavy atom. The minimum Gasteiger partial charge on any atom is -0.497 e. The number of methoxy groups -OCH3 is 1. The molecule has 2 aromatic heterocycles. The smallest absolute Gasteiger partial charge is 0.354 e. The van der Waals surface area contributed by atoms with E-state index < -0.39 is 11.5 Å². The first-order valence-electron chi connectivity index (χ1n) is 17.1. The lowest BCUT2D eigenvalue weighted by atomic mass is 9.92. The summed E-state index contributed by atoms with van der Waals surface area (Å²) >= 11 is 7.74. The minimum absolute atomic E-state index is 0.0228. The highest BCUT2D eigenvalue weighted by Gasteiger charge is 2.22. The van der Waals surface area contributed by atoms with Gasteiger partial charge in [-0.05, 0) is 104 Å². The van der Waals surface area contributed by atoms with Crippen LogP contribution >= 0.6 is 23.4 Å². The van der Waals surface area contributed by atoms with Crippen molar-refractivity contribution in [2.75, 3.05) is 19.5 Å². The molecular formula is C38H43ClFN7O3S. The molecule has 0 amide bonds. The Kier molecular flexibility index (Phi) is 12.0. The predicted molar refractivity (Wildman–Crippen MR) is 204 cm³/mol. The SMILES string of the molecule is COc1ccc(OC[C@H](N)CCCc2cc(Cl)c(F)c(-c3cc4cn(-c5ccc([C@@H]6CCC[C@@H](CCSC(=N)N)N6)cc5)c(=O)nc4[nH]3)c2)cc1. The van der Waals surface area contributed by atoms with Gasteiger partial charge in [0.25, 0.3) is 0 Å². The second kappa shape index (κ2) is 16.8. The quantitative estimate of drug-likeness (QED) is 0.0598. The van der Waals surface area contributed by atoms with Crippen molar-refractivity contribution in [1.82, 2.24) is 19.9 Å². The molecule has 13 heteroatoms. The average Bonchev–Trinajstić information content (AvgIpc) is 3.54. The van der Waals surface area contributed by atoms with Crippen LogP contribution in [0.2, 0.25) is 5.02 Å². The minimum atomic E-state index is -0.543. The highest BCUT2D eigenvalue weighted by atomic mass is 35.5. The Balaban J connectivity index is 1.10. The maximum Gasteiger partial charge on any atom is 0.354 e. The lowest BCUT2D eigenvalue weighted by Gasteiger charge is -2.31. The van der Waals surface area contributed by atoms with Gasteiger partial charge in [0.1, 0.15) is 23.8 Å². The van der Waals surface area contributed by atoms with Gasteiger partial charge in [0, 0.05) is 41.0 Å². The summed E-state index contributed by atoms with van der Waals surface area (Å²) in [6.07, 6.45) is 8.06. The fraction of sp³-hybridized carbons (Fsp3) is 0.342. The van der Waals surface area contributed by atoms with Crippen molar-refractivity contribution in [3.8, 4) is 28.4 Å². The maximum absolute atomic E-state index is 15.4. The predicted octanol–water partition coefficient (Wildman–Crippen LogP) is 7.11. The molecule has 1 aliphatic heterocycles. The van der Waals surface area contributed by atoms with Crippen LogP contribution in [0.5, 0.6) is 11.5 Å². The third-order valence-electron chi connectivity index (χ3n) is 9.23. The number of aromatic nitrogens is 3. The van der Waals surface area contributed by atoms with Crippen LogP contribution in [0, 0.1) is 11.2 Å². The zero-order chi connectivity index (χ0) is 35.9. The molecule has 3 heterocycles. The number of nitrogens with one attached hydrogen (secondary N) is 3. The summed E-state index contributed by atoms with van der Waals surface area (Å²) in [6, 6.07) is 20.9.